The Morgan fingerprint density at radius 3 is 2.40 bits per heavy atom. The highest BCUT2D eigenvalue weighted by atomic mass is 35.5. The molecule has 2 rings (SSSR count). The molecule has 0 spiro atoms. The highest BCUT2D eigenvalue weighted by molar-refractivity contribution is 6.31. The van der Waals surface area contributed by atoms with Gasteiger partial charge in [-0.25, -0.2) is 0 Å². The quantitative estimate of drug-likeness (QED) is 0.839. The Balaban J connectivity index is 0.00000112. The smallest absolute Gasteiger partial charge is 0.0453 e. The fraction of sp³-hybridized carbons (Fsp3) is 0.500. The van der Waals surface area contributed by atoms with Gasteiger partial charge in [0.15, 0.2) is 0 Å². The van der Waals surface area contributed by atoms with Crippen LogP contribution in [0.15, 0.2) is 24.3 Å². The van der Waals surface area contributed by atoms with Crippen LogP contribution in [-0.4, -0.2) is 0 Å². The number of rotatable bonds is 2. The lowest BCUT2D eigenvalue weighted by molar-refractivity contribution is 0.445. The molecule has 1 aliphatic carbocycles. The van der Waals surface area contributed by atoms with Gasteiger partial charge in [-0.15, -0.1) is 12.4 Å². The number of hydrogen-bond acceptors (Lipinski definition) is 1. The Morgan fingerprint density at radius 1 is 1.20 bits per heavy atom. The minimum Gasteiger partial charge on any atom is -0.324 e. The Labute approximate surface area is 102 Å². The Bertz CT molecular complexity index is 308. The van der Waals surface area contributed by atoms with E-state index in [4.69, 9.17) is 17.3 Å². The maximum Gasteiger partial charge on any atom is 0.0453 e. The number of nitrogens with two attached hydrogens (primary N) is 1. The molecule has 1 aliphatic rings. The summed E-state index contributed by atoms with van der Waals surface area (Å²) in [7, 11) is 0. The summed E-state index contributed by atoms with van der Waals surface area (Å²) in [5.74, 6) is 0.634. The zero-order valence-corrected chi connectivity index (χ0v) is 10.2. The molecule has 84 valence electrons. The summed E-state index contributed by atoms with van der Waals surface area (Å²) in [6, 6.07) is 8.06. The van der Waals surface area contributed by atoms with Crippen LogP contribution in [0.25, 0.3) is 0 Å². The maximum absolute atomic E-state index is 6.22. The van der Waals surface area contributed by atoms with E-state index in [9.17, 15) is 0 Å². The van der Waals surface area contributed by atoms with Crippen LogP contribution in [-0.2, 0) is 0 Å². The van der Waals surface area contributed by atoms with Crippen LogP contribution < -0.4 is 5.73 Å². The molecule has 0 radical (unpaired) electrons. The van der Waals surface area contributed by atoms with Gasteiger partial charge < -0.3 is 5.73 Å². The highest BCUT2D eigenvalue weighted by Crippen LogP contribution is 2.36. The van der Waals surface area contributed by atoms with Crippen molar-refractivity contribution in [1.29, 1.82) is 0 Å². The fourth-order valence-corrected chi connectivity index (χ4v) is 2.58. The number of hydrogen-bond donors (Lipinski definition) is 1. The van der Waals surface area contributed by atoms with Crippen LogP contribution in [0.2, 0.25) is 5.02 Å². The van der Waals surface area contributed by atoms with Crippen molar-refractivity contribution in [2.24, 2.45) is 11.7 Å². The van der Waals surface area contributed by atoms with Gasteiger partial charge in [0.2, 0.25) is 0 Å². The summed E-state index contributed by atoms with van der Waals surface area (Å²) in [6.07, 6.45) is 5.16. The van der Waals surface area contributed by atoms with Gasteiger partial charge in [0.1, 0.15) is 0 Å². The van der Waals surface area contributed by atoms with Gasteiger partial charge in [-0.05, 0) is 30.4 Å². The van der Waals surface area contributed by atoms with E-state index in [0.717, 1.165) is 10.6 Å². The first kappa shape index (κ1) is 12.8. The predicted molar refractivity (Wildman–Crippen MR) is 67.6 cm³/mol. The lowest BCUT2D eigenvalue weighted by Crippen LogP contribution is -2.19. The van der Waals surface area contributed by atoms with Gasteiger partial charge in [-0.1, -0.05) is 42.6 Å². The highest BCUT2D eigenvalue weighted by Gasteiger charge is 2.24. The number of benzene rings is 1. The molecule has 1 fully saturated rings. The van der Waals surface area contributed by atoms with E-state index in [2.05, 4.69) is 0 Å². The van der Waals surface area contributed by atoms with E-state index >= 15 is 0 Å². The van der Waals surface area contributed by atoms with E-state index in [0.29, 0.717) is 5.92 Å². The molecule has 15 heavy (non-hydrogen) atoms. The topological polar surface area (TPSA) is 26.0 Å². The van der Waals surface area contributed by atoms with Crippen molar-refractivity contribution in [2.75, 3.05) is 0 Å². The van der Waals surface area contributed by atoms with E-state index in [1.807, 2.05) is 24.3 Å². The number of halogens is 2. The fourth-order valence-electron chi connectivity index (χ4n) is 2.32. The molecular weight excluding hydrogens is 229 g/mol. The normalized spacial score (nSPS) is 18.5. The van der Waals surface area contributed by atoms with E-state index in [1.54, 1.807) is 0 Å². The Kier molecular flexibility index (Phi) is 4.91. The predicted octanol–water partition coefficient (Wildman–Crippen LogP) is 3.95. The molecule has 0 saturated heterocycles. The summed E-state index contributed by atoms with van der Waals surface area (Å²) >= 11 is 6.12. The molecule has 1 aromatic carbocycles. The molecule has 1 saturated carbocycles. The summed E-state index contributed by atoms with van der Waals surface area (Å²) < 4.78 is 0. The molecule has 3 heteroatoms. The van der Waals surface area contributed by atoms with Gasteiger partial charge >= 0.3 is 0 Å². The molecule has 1 atom stereocenters. The third-order valence-corrected chi connectivity index (χ3v) is 3.52. The van der Waals surface area contributed by atoms with Crippen molar-refractivity contribution in [2.45, 2.75) is 31.7 Å². The Morgan fingerprint density at radius 2 is 1.80 bits per heavy atom. The van der Waals surface area contributed by atoms with Crippen molar-refractivity contribution >= 4 is 24.0 Å². The standard InChI is InChI=1S/C12H16ClN.ClH/c13-11-8-4-3-7-10(11)12(14)9-5-1-2-6-9;/h3-4,7-9,12H,1-2,5-6,14H2;1H. The minimum absolute atomic E-state index is 0. The summed E-state index contributed by atoms with van der Waals surface area (Å²) in [5, 5.41) is 0.812. The molecular formula is C12H17Cl2N. The lowest BCUT2D eigenvalue weighted by Gasteiger charge is -2.20. The van der Waals surface area contributed by atoms with Gasteiger partial charge in [0.25, 0.3) is 0 Å². The molecule has 1 aromatic rings. The van der Waals surface area contributed by atoms with E-state index in [1.165, 1.54) is 25.7 Å². The zero-order valence-electron chi connectivity index (χ0n) is 8.66. The molecule has 0 bridgehead atoms. The molecule has 2 N–H and O–H groups in total. The van der Waals surface area contributed by atoms with Gasteiger partial charge in [-0.2, -0.15) is 0 Å². The van der Waals surface area contributed by atoms with E-state index < -0.39 is 0 Å². The monoisotopic (exact) mass is 245 g/mol. The van der Waals surface area contributed by atoms with Crippen molar-refractivity contribution in [3.63, 3.8) is 0 Å². The first-order chi connectivity index (χ1) is 6.79. The van der Waals surface area contributed by atoms with Crippen molar-refractivity contribution in [3.05, 3.63) is 34.9 Å². The molecule has 0 aliphatic heterocycles. The van der Waals surface area contributed by atoms with Crippen LogP contribution in [0.1, 0.15) is 37.3 Å². The maximum atomic E-state index is 6.22. The molecule has 0 heterocycles. The summed E-state index contributed by atoms with van der Waals surface area (Å²) in [6.45, 7) is 0. The molecule has 0 aromatic heterocycles. The minimum atomic E-state index is 0. The van der Waals surface area contributed by atoms with Crippen molar-refractivity contribution in [3.8, 4) is 0 Å². The van der Waals surface area contributed by atoms with Crippen LogP contribution in [0, 0.1) is 5.92 Å². The van der Waals surface area contributed by atoms with Gasteiger partial charge in [-0.3, -0.25) is 0 Å². The van der Waals surface area contributed by atoms with Crippen LogP contribution in [0.3, 0.4) is 0 Å². The Hall–Kier alpha value is -0.240. The van der Waals surface area contributed by atoms with Crippen LogP contribution >= 0.6 is 24.0 Å². The first-order valence-corrected chi connectivity index (χ1v) is 5.67. The largest absolute Gasteiger partial charge is 0.324 e. The van der Waals surface area contributed by atoms with Crippen molar-refractivity contribution in [1.82, 2.24) is 0 Å². The lowest BCUT2D eigenvalue weighted by atomic mass is 9.92. The zero-order chi connectivity index (χ0) is 9.97. The second kappa shape index (κ2) is 5.74. The van der Waals surface area contributed by atoms with Crippen molar-refractivity contribution < 1.29 is 0 Å². The molecule has 1 nitrogen and oxygen atoms in total. The average Bonchev–Trinajstić information content (AvgIpc) is 2.70. The van der Waals surface area contributed by atoms with E-state index in [-0.39, 0.29) is 18.4 Å². The SMILES string of the molecule is Cl.NC(c1ccccc1Cl)C1CCCC1. The summed E-state index contributed by atoms with van der Waals surface area (Å²) in [4.78, 5) is 0. The molecule has 0 amide bonds. The third-order valence-electron chi connectivity index (χ3n) is 3.17. The van der Waals surface area contributed by atoms with Gasteiger partial charge in [0.05, 0.1) is 0 Å². The molecule has 1 unspecified atom stereocenters. The first-order valence-electron chi connectivity index (χ1n) is 5.29. The second-order valence-corrected chi connectivity index (χ2v) is 4.50. The van der Waals surface area contributed by atoms with Crippen LogP contribution in [0.5, 0.6) is 0 Å². The third kappa shape index (κ3) is 2.87. The average molecular weight is 246 g/mol. The van der Waals surface area contributed by atoms with Crippen LogP contribution in [0.4, 0.5) is 0 Å². The van der Waals surface area contributed by atoms with Gasteiger partial charge in [0, 0.05) is 11.1 Å². The second-order valence-electron chi connectivity index (χ2n) is 4.09. The summed E-state index contributed by atoms with van der Waals surface area (Å²) in [5.41, 5.74) is 7.33.